The van der Waals surface area contributed by atoms with Crippen LogP contribution >= 0.6 is 11.6 Å². The van der Waals surface area contributed by atoms with Crippen LogP contribution in [0.25, 0.3) is 0 Å². The highest BCUT2D eigenvalue weighted by atomic mass is 35.5. The van der Waals surface area contributed by atoms with Crippen molar-refractivity contribution in [3.63, 3.8) is 0 Å². The van der Waals surface area contributed by atoms with Gasteiger partial charge in [0.05, 0.1) is 18.0 Å². The average molecular weight is 403 g/mol. The summed E-state index contributed by atoms with van der Waals surface area (Å²) in [6, 6.07) is 3.71. The summed E-state index contributed by atoms with van der Waals surface area (Å²) in [5.74, 6) is 0. The Hall–Kier alpha value is -1.52. The summed E-state index contributed by atoms with van der Waals surface area (Å²) in [5.41, 5.74) is -5.41. The molecule has 0 radical (unpaired) electrons. The first-order chi connectivity index (χ1) is 11.6. The number of nitrogens with one attached hydrogen (secondary N) is 1. The van der Waals surface area contributed by atoms with E-state index in [1.165, 1.54) is 16.9 Å². The van der Waals surface area contributed by atoms with Gasteiger partial charge < -0.3 is 9.57 Å². The van der Waals surface area contributed by atoms with Gasteiger partial charge in [0.2, 0.25) is 0 Å². The fraction of sp³-hybridized carbons (Fsp3) is 0.500. The molecule has 0 saturated heterocycles. The molecule has 1 N–H and O–H groups in total. The lowest BCUT2D eigenvalue weighted by atomic mass is 10.1. The minimum atomic E-state index is -5.57. The lowest BCUT2D eigenvalue weighted by molar-refractivity contribution is -0.0429. The first-order valence-corrected chi connectivity index (χ1v) is 9.14. The SMILES string of the molecule is CCOCCON=C(CC)c1cc(Cl)ccc1NS(=O)(=O)C(F)(F)F. The number of oxime groups is 1. The Labute approximate surface area is 149 Å². The van der Waals surface area contributed by atoms with Crippen molar-refractivity contribution < 1.29 is 31.2 Å². The molecule has 0 fully saturated rings. The van der Waals surface area contributed by atoms with E-state index in [2.05, 4.69) is 5.16 Å². The van der Waals surface area contributed by atoms with Crippen molar-refractivity contribution in [1.82, 2.24) is 0 Å². The number of nitrogens with zero attached hydrogens (tertiary/aromatic N) is 1. The van der Waals surface area contributed by atoms with Gasteiger partial charge in [-0.05, 0) is 31.5 Å². The van der Waals surface area contributed by atoms with E-state index in [1.54, 1.807) is 6.92 Å². The number of hydrogen-bond donors (Lipinski definition) is 1. The molecule has 1 aromatic carbocycles. The second-order valence-electron chi connectivity index (χ2n) is 4.66. The highest BCUT2D eigenvalue weighted by Crippen LogP contribution is 2.29. The van der Waals surface area contributed by atoms with Gasteiger partial charge in [0, 0.05) is 17.2 Å². The topological polar surface area (TPSA) is 77.0 Å². The maximum absolute atomic E-state index is 12.6. The molecule has 0 unspecified atom stereocenters. The van der Waals surface area contributed by atoms with Crippen LogP contribution in [-0.2, 0) is 19.6 Å². The van der Waals surface area contributed by atoms with Gasteiger partial charge in [-0.3, -0.25) is 4.72 Å². The third kappa shape index (κ3) is 6.37. The van der Waals surface area contributed by atoms with Gasteiger partial charge in [-0.1, -0.05) is 23.7 Å². The summed E-state index contributed by atoms with van der Waals surface area (Å²) in [6.07, 6.45) is 0.274. The van der Waals surface area contributed by atoms with Crippen LogP contribution in [0.4, 0.5) is 18.9 Å². The predicted molar refractivity (Wildman–Crippen MR) is 89.3 cm³/mol. The van der Waals surface area contributed by atoms with Crippen molar-refractivity contribution in [2.45, 2.75) is 25.8 Å². The lowest BCUT2D eigenvalue weighted by Crippen LogP contribution is -2.30. The zero-order chi connectivity index (χ0) is 19.1. The molecule has 0 bridgehead atoms. The summed E-state index contributed by atoms with van der Waals surface area (Å²) in [5, 5.41) is 4.05. The molecule has 25 heavy (non-hydrogen) atoms. The molecule has 11 heteroatoms. The largest absolute Gasteiger partial charge is 0.516 e. The lowest BCUT2D eigenvalue weighted by Gasteiger charge is -2.15. The first-order valence-electron chi connectivity index (χ1n) is 7.28. The summed E-state index contributed by atoms with van der Waals surface area (Å²) < 4.78 is 67.0. The van der Waals surface area contributed by atoms with Crippen LogP contribution in [0.1, 0.15) is 25.8 Å². The number of anilines is 1. The fourth-order valence-corrected chi connectivity index (χ4v) is 2.47. The van der Waals surface area contributed by atoms with Crippen LogP contribution in [0.2, 0.25) is 5.02 Å². The van der Waals surface area contributed by atoms with Crippen molar-refractivity contribution in [3.8, 4) is 0 Å². The van der Waals surface area contributed by atoms with Crippen LogP contribution in [0.15, 0.2) is 23.4 Å². The summed E-state index contributed by atoms with van der Waals surface area (Å²) in [7, 11) is -5.57. The average Bonchev–Trinajstić information content (AvgIpc) is 2.51. The van der Waals surface area contributed by atoms with Crippen LogP contribution < -0.4 is 4.72 Å². The Bertz CT molecular complexity index is 709. The molecule has 0 atom stereocenters. The maximum atomic E-state index is 12.6. The van der Waals surface area contributed by atoms with E-state index in [9.17, 15) is 21.6 Å². The van der Waals surface area contributed by atoms with Gasteiger partial charge in [-0.25, -0.2) is 0 Å². The number of benzene rings is 1. The number of alkyl halides is 3. The summed E-state index contributed by atoms with van der Waals surface area (Å²) in [4.78, 5) is 5.06. The minimum Gasteiger partial charge on any atom is -0.393 e. The Kier molecular flexibility index (Phi) is 7.97. The molecule has 0 saturated carbocycles. The van der Waals surface area contributed by atoms with E-state index in [0.29, 0.717) is 13.2 Å². The number of hydrogen-bond acceptors (Lipinski definition) is 5. The van der Waals surface area contributed by atoms with Gasteiger partial charge >= 0.3 is 15.5 Å². The molecule has 142 valence electrons. The molecule has 0 aliphatic heterocycles. The van der Waals surface area contributed by atoms with Crippen LogP contribution in [-0.4, -0.2) is 39.5 Å². The number of sulfonamides is 1. The molecule has 1 rings (SSSR count). The zero-order valence-electron chi connectivity index (χ0n) is 13.6. The molecule has 0 spiro atoms. The molecule has 0 aromatic heterocycles. The number of halogens is 4. The molecular formula is C14H18ClF3N2O4S. The molecule has 0 aliphatic carbocycles. The van der Waals surface area contributed by atoms with Gasteiger partial charge in [0.25, 0.3) is 0 Å². The summed E-state index contributed by atoms with van der Waals surface area (Å²) in [6.45, 7) is 4.44. The Balaban J connectivity index is 3.12. The number of ether oxygens (including phenoxy) is 1. The van der Waals surface area contributed by atoms with Gasteiger partial charge in [0.1, 0.15) is 6.61 Å². The van der Waals surface area contributed by atoms with Crippen molar-refractivity contribution in [2.75, 3.05) is 24.5 Å². The van der Waals surface area contributed by atoms with Crippen molar-refractivity contribution in [2.24, 2.45) is 5.16 Å². The third-order valence-electron chi connectivity index (χ3n) is 2.87. The second-order valence-corrected chi connectivity index (χ2v) is 6.77. The smallest absolute Gasteiger partial charge is 0.393 e. The first kappa shape index (κ1) is 21.5. The molecule has 1 aromatic rings. The third-order valence-corrected chi connectivity index (χ3v) is 4.21. The van der Waals surface area contributed by atoms with Crippen LogP contribution in [0.5, 0.6) is 0 Å². The zero-order valence-corrected chi connectivity index (χ0v) is 15.1. The monoisotopic (exact) mass is 402 g/mol. The maximum Gasteiger partial charge on any atom is 0.516 e. The van der Waals surface area contributed by atoms with E-state index in [1.807, 2.05) is 6.92 Å². The van der Waals surface area contributed by atoms with E-state index in [0.717, 1.165) is 6.07 Å². The van der Waals surface area contributed by atoms with Crippen molar-refractivity contribution >= 4 is 33.0 Å². The molecular weight excluding hydrogens is 385 g/mol. The second kappa shape index (κ2) is 9.25. The summed E-state index contributed by atoms with van der Waals surface area (Å²) >= 11 is 5.87. The Morgan fingerprint density at radius 1 is 1.28 bits per heavy atom. The fourth-order valence-electron chi connectivity index (χ4n) is 1.72. The van der Waals surface area contributed by atoms with E-state index < -0.39 is 15.5 Å². The number of rotatable bonds is 9. The Morgan fingerprint density at radius 3 is 2.52 bits per heavy atom. The van der Waals surface area contributed by atoms with E-state index >= 15 is 0 Å². The molecule has 6 nitrogen and oxygen atoms in total. The van der Waals surface area contributed by atoms with Gasteiger partial charge in [0.15, 0.2) is 0 Å². The van der Waals surface area contributed by atoms with Crippen LogP contribution in [0, 0.1) is 0 Å². The minimum absolute atomic E-state index is 0.0965. The quantitative estimate of drug-likeness (QED) is 0.387. The highest BCUT2D eigenvalue weighted by molar-refractivity contribution is 7.93. The van der Waals surface area contributed by atoms with Crippen molar-refractivity contribution in [3.05, 3.63) is 28.8 Å². The van der Waals surface area contributed by atoms with E-state index in [-0.39, 0.29) is 35.0 Å². The highest BCUT2D eigenvalue weighted by Gasteiger charge is 2.46. The Morgan fingerprint density at radius 2 is 1.96 bits per heavy atom. The van der Waals surface area contributed by atoms with Gasteiger partial charge in [-0.2, -0.15) is 21.6 Å². The van der Waals surface area contributed by atoms with Gasteiger partial charge in [-0.15, -0.1) is 0 Å². The van der Waals surface area contributed by atoms with Crippen LogP contribution in [0.3, 0.4) is 0 Å². The standard InChI is InChI=1S/C14H18ClF3N2O4S/c1-3-12(19-24-8-7-23-4-2)11-9-10(15)5-6-13(11)20-25(21,22)14(16,17)18/h5-6,9,20H,3-4,7-8H2,1-2H3. The van der Waals surface area contributed by atoms with E-state index in [4.69, 9.17) is 21.2 Å². The molecule has 0 aliphatic rings. The molecule has 0 heterocycles. The normalized spacial score (nSPS) is 13.0. The predicted octanol–water partition coefficient (Wildman–Crippen LogP) is 3.77. The van der Waals surface area contributed by atoms with Crippen molar-refractivity contribution in [1.29, 1.82) is 0 Å². The molecule has 0 amide bonds.